The van der Waals surface area contributed by atoms with E-state index < -0.39 is 0 Å². The van der Waals surface area contributed by atoms with Crippen molar-refractivity contribution in [2.45, 2.75) is 13.5 Å². The number of hydrogen-bond acceptors (Lipinski definition) is 4. The second kappa shape index (κ2) is 7.94. The maximum Gasteiger partial charge on any atom is 0.146 e. The quantitative estimate of drug-likeness (QED) is 0.839. The average Bonchev–Trinajstić information content (AvgIpc) is 2.60. The first-order chi connectivity index (χ1) is 11.7. The maximum absolute atomic E-state index is 14.5. The predicted molar refractivity (Wildman–Crippen MR) is 100.0 cm³/mol. The van der Waals surface area contributed by atoms with Crippen LogP contribution in [0.25, 0.3) is 0 Å². The molecule has 0 saturated carbocycles. The largest absolute Gasteiger partial charge is 0.380 e. The van der Waals surface area contributed by atoms with Gasteiger partial charge >= 0.3 is 0 Å². The average molecular weight is 393 g/mol. The molecule has 1 aromatic heterocycles. The summed E-state index contributed by atoms with van der Waals surface area (Å²) < 4.78 is 15.4. The summed E-state index contributed by atoms with van der Waals surface area (Å²) in [4.78, 5) is 8.63. The van der Waals surface area contributed by atoms with Gasteiger partial charge in [0.25, 0.3) is 0 Å². The Hall–Kier alpha value is -1.66. The standard InChI is InChI=1S/C18H22BrFN4/c1-2-23-5-7-24(8-6-23)18-4-3-14(9-17(18)20)11-22-16-10-15(19)12-21-13-16/h3-4,9-10,12-13,22H,2,5-8,11H2,1H3. The third kappa shape index (κ3) is 4.24. The summed E-state index contributed by atoms with van der Waals surface area (Å²) >= 11 is 3.39. The molecule has 128 valence electrons. The molecule has 1 aromatic carbocycles. The zero-order chi connectivity index (χ0) is 16.9. The van der Waals surface area contributed by atoms with Crippen molar-refractivity contribution >= 4 is 27.3 Å². The molecule has 1 aliphatic rings. The van der Waals surface area contributed by atoms with Gasteiger partial charge in [-0.05, 0) is 46.2 Å². The van der Waals surface area contributed by atoms with Gasteiger partial charge in [-0.2, -0.15) is 0 Å². The first-order valence-corrected chi connectivity index (χ1v) is 9.05. The summed E-state index contributed by atoms with van der Waals surface area (Å²) in [6.07, 6.45) is 3.49. The third-order valence-electron chi connectivity index (χ3n) is 4.37. The van der Waals surface area contributed by atoms with Crippen LogP contribution in [0.1, 0.15) is 12.5 Å². The van der Waals surface area contributed by atoms with E-state index in [2.05, 4.69) is 43.0 Å². The smallest absolute Gasteiger partial charge is 0.146 e. The van der Waals surface area contributed by atoms with E-state index in [4.69, 9.17) is 0 Å². The summed E-state index contributed by atoms with van der Waals surface area (Å²) in [7, 11) is 0. The molecule has 0 aliphatic carbocycles. The Bertz CT molecular complexity index is 686. The van der Waals surface area contributed by atoms with Crippen LogP contribution in [-0.2, 0) is 6.54 Å². The zero-order valence-corrected chi connectivity index (χ0v) is 15.4. The van der Waals surface area contributed by atoms with Crippen LogP contribution in [0, 0.1) is 5.82 Å². The highest BCUT2D eigenvalue weighted by molar-refractivity contribution is 9.10. The molecule has 0 atom stereocenters. The first-order valence-electron chi connectivity index (χ1n) is 8.26. The number of nitrogens with zero attached hydrogens (tertiary/aromatic N) is 3. The van der Waals surface area contributed by atoms with Gasteiger partial charge in [0.2, 0.25) is 0 Å². The van der Waals surface area contributed by atoms with Crippen LogP contribution >= 0.6 is 15.9 Å². The minimum absolute atomic E-state index is 0.147. The molecule has 1 aliphatic heterocycles. The molecule has 0 bridgehead atoms. The normalized spacial score (nSPS) is 15.5. The van der Waals surface area contributed by atoms with E-state index in [0.29, 0.717) is 12.2 Å². The van der Waals surface area contributed by atoms with Crippen LogP contribution in [-0.4, -0.2) is 42.6 Å². The summed E-state index contributed by atoms with van der Waals surface area (Å²) in [5, 5.41) is 3.26. The van der Waals surface area contributed by atoms with Crippen molar-refractivity contribution in [2.24, 2.45) is 0 Å². The molecule has 3 rings (SSSR count). The number of benzene rings is 1. The van der Waals surface area contributed by atoms with Crippen molar-refractivity contribution in [1.29, 1.82) is 0 Å². The number of halogens is 2. The van der Waals surface area contributed by atoms with E-state index in [0.717, 1.165) is 48.4 Å². The van der Waals surface area contributed by atoms with E-state index in [9.17, 15) is 4.39 Å². The van der Waals surface area contributed by atoms with Crippen molar-refractivity contribution in [3.05, 3.63) is 52.5 Å². The number of hydrogen-bond donors (Lipinski definition) is 1. The molecule has 0 amide bonds. The number of pyridine rings is 1. The van der Waals surface area contributed by atoms with Crippen LogP contribution in [0.5, 0.6) is 0 Å². The minimum atomic E-state index is -0.147. The molecule has 6 heteroatoms. The van der Waals surface area contributed by atoms with Gasteiger partial charge < -0.3 is 15.1 Å². The SMILES string of the molecule is CCN1CCN(c2ccc(CNc3cncc(Br)c3)cc2F)CC1. The van der Waals surface area contributed by atoms with Crippen molar-refractivity contribution in [3.63, 3.8) is 0 Å². The van der Waals surface area contributed by atoms with Gasteiger partial charge in [-0.15, -0.1) is 0 Å². The van der Waals surface area contributed by atoms with Crippen LogP contribution < -0.4 is 10.2 Å². The number of rotatable bonds is 5. The lowest BCUT2D eigenvalue weighted by Gasteiger charge is -2.35. The molecule has 0 radical (unpaired) electrons. The van der Waals surface area contributed by atoms with E-state index in [1.54, 1.807) is 18.5 Å². The number of anilines is 2. The third-order valence-corrected chi connectivity index (χ3v) is 4.81. The van der Waals surface area contributed by atoms with Gasteiger partial charge in [-0.25, -0.2) is 4.39 Å². The predicted octanol–water partition coefficient (Wildman–Crippen LogP) is 3.74. The molecule has 2 aromatic rings. The molecule has 1 N–H and O–H groups in total. The van der Waals surface area contributed by atoms with E-state index >= 15 is 0 Å². The van der Waals surface area contributed by atoms with Gasteiger partial charge in [-0.1, -0.05) is 13.0 Å². The van der Waals surface area contributed by atoms with Gasteiger partial charge in [0.15, 0.2) is 0 Å². The lowest BCUT2D eigenvalue weighted by Crippen LogP contribution is -2.46. The fourth-order valence-electron chi connectivity index (χ4n) is 2.93. The van der Waals surface area contributed by atoms with Crippen molar-refractivity contribution in [2.75, 3.05) is 42.9 Å². The fraction of sp³-hybridized carbons (Fsp3) is 0.389. The first kappa shape index (κ1) is 17.2. The highest BCUT2D eigenvalue weighted by atomic mass is 79.9. The van der Waals surface area contributed by atoms with Crippen molar-refractivity contribution < 1.29 is 4.39 Å². The summed E-state index contributed by atoms with van der Waals surface area (Å²) in [6.45, 7) is 7.55. The van der Waals surface area contributed by atoms with Crippen LogP contribution in [0.3, 0.4) is 0 Å². The van der Waals surface area contributed by atoms with Crippen molar-refractivity contribution in [1.82, 2.24) is 9.88 Å². The lowest BCUT2D eigenvalue weighted by atomic mass is 10.1. The summed E-state index contributed by atoms with van der Waals surface area (Å²) in [5.74, 6) is -0.147. The van der Waals surface area contributed by atoms with Crippen LogP contribution in [0.2, 0.25) is 0 Å². The van der Waals surface area contributed by atoms with Gasteiger partial charge in [-0.3, -0.25) is 4.98 Å². The lowest BCUT2D eigenvalue weighted by molar-refractivity contribution is 0.270. The van der Waals surface area contributed by atoms with E-state index in [1.807, 2.05) is 18.2 Å². The molecule has 0 unspecified atom stereocenters. The van der Waals surface area contributed by atoms with E-state index in [-0.39, 0.29) is 5.82 Å². The summed E-state index contributed by atoms with van der Waals surface area (Å²) in [5.41, 5.74) is 2.53. The van der Waals surface area contributed by atoms with E-state index in [1.165, 1.54) is 0 Å². The Morgan fingerprint density at radius 3 is 2.62 bits per heavy atom. The highest BCUT2D eigenvalue weighted by Crippen LogP contribution is 2.23. The Morgan fingerprint density at radius 2 is 1.96 bits per heavy atom. The zero-order valence-electron chi connectivity index (χ0n) is 13.8. The summed E-state index contributed by atoms with van der Waals surface area (Å²) in [6, 6.07) is 7.46. The molecule has 24 heavy (non-hydrogen) atoms. The Labute approximate surface area is 150 Å². The second-order valence-corrected chi connectivity index (χ2v) is 6.87. The molecular weight excluding hydrogens is 371 g/mol. The molecule has 4 nitrogen and oxygen atoms in total. The van der Waals surface area contributed by atoms with Gasteiger partial charge in [0.1, 0.15) is 5.82 Å². The molecule has 2 heterocycles. The Balaban J connectivity index is 1.62. The molecule has 0 spiro atoms. The monoisotopic (exact) mass is 392 g/mol. The fourth-order valence-corrected chi connectivity index (χ4v) is 3.30. The van der Waals surface area contributed by atoms with Crippen LogP contribution in [0.4, 0.5) is 15.8 Å². The van der Waals surface area contributed by atoms with Crippen molar-refractivity contribution in [3.8, 4) is 0 Å². The molecule has 1 saturated heterocycles. The number of aromatic nitrogens is 1. The topological polar surface area (TPSA) is 31.4 Å². The van der Waals surface area contributed by atoms with Gasteiger partial charge in [0, 0.05) is 43.4 Å². The van der Waals surface area contributed by atoms with Gasteiger partial charge in [0.05, 0.1) is 17.6 Å². The Kier molecular flexibility index (Phi) is 5.68. The molecular formula is C18H22BrFN4. The minimum Gasteiger partial charge on any atom is -0.380 e. The maximum atomic E-state index is 14.5. The van der Waals surface area contributed by atoms with Crippen LogP contribution in [0.15, 0.2) is 41.1 Å². The Morgan fingerprint density at radius 1 is 1.17 bits per heavy atom. The molecule has 1 fully saturated rings. The number of likely N-dealkylation sites (N-methyl/N-ethyl adjacent to an activating group) is 1. The number of piperazine rings is 1. The highest BCUT2D eigenvalue weighted by Gasteiger charge is 2.18. The number of nitrogens with one attached hydrogen (secondary N) is 1. The second-order valence-electron chi connectivity index (χ2n) is 5.95.